The van der Waals surface area contributed by atoms with Crippen molar-refractivity contribution in [1.82, 2.24) is 4.81 Å². The summed E-state index contributed by atoms with van der Waals surface area (Å²) in [5, 5.41) is 0. The summed E-state index contributed by atoms with van der Waals surface area (Å²) in [6.07, 6.45) is 0. The molecule has 1 aliphatic rings. The van der Waals surface area contributed by atoms with Gasteiger partial charge in [-0.15, -0.1) is 0 Å². The Morgan fingerprint density at radius 2 is 1.18 bits per heavy atom. The Bertz CT molecular complexity index is 585. The molecule has 0 saturated heterocycles. The second-order valence-electron chi connectivity index (χ2n) is 6.44. The molecule has 0 saturated carbocycles. The Morgan fingerprint density at radius 1 is 0.773 bits per heavy atom. The van der Waals surface area contributed by atoms with E-state index in [1.54, 1.807) is 0 Å². The minimum Gasteiger partial charge on any atom is -1.00 e. The van der Waals surface area contributed by atoms with Gasteiger partial charge in [0.1, 0.15) is 0 Å². The van der Waals surface area contributed by atoms with Gasteiger partial charge in [0.2, 0.25) is 0 Å². The first-order valence-corrected chi connectivity index (χ1v) is 7.90. The van der Waals surface area contributed by atoms with Crippen LogP contribution in [-0.2, 0) is 0 Å². The average molecular weight is 312 g/mol. The minimum atomic E-state index is 0. The molecule has 22 heavy (non-hydrogen) atoms. The molecule has 0 radical (unpaired) electrons. The summed E-state index contributed by atoms with van der Waals surface area (Å²) < 4.78 is 0. The van der Waals surface area contributed by atoms with Gasteiger partial charge in [0.05, 0.1) is 0 Å². The maximum atomic E-state index is 2.48. The molecule has 0 fully saturated rings. The molecule has 3 heteroatoms. The van der Waals surface area contributed by atoms with Crippen LogP contribution < -0.4 is 12.4 Å². The van der Waals surface area contributed by atoms with Crippen LogP contribution in [0.4, 0.5) is 0 Å². The van der Waals surface area contributed by atoms with Crippen molar-refractivity contribution in [3.8, 4) is 11.1 Å². The molecular formula is C19H23BClN. The summed E-state index contributed by atoms with van der Waals surface area (Å²) in [6, 6.07) is 18.7. The van der Waals surface area contributed by atoms with Crippen molar-refractivity contribution in [3.63, 3.8) is 0 Å². The number of rotatable bonds is 4. The van der Waals surface area contributed by atoms with Crippen molar-refractivity contribution in [2.45, 2.75) is 45.6 Å². The molecule has 0 heterocycles. The fourth-order valence-corrected chi connectivity index (χ4v) is 3.47. The van der Waals surface area contributed by atoms with Gasteiger partial charge in [-0.25, -0.2) is 0 Å². The number of nitrogens with zero attached hydrogens (tertiary/aromatic N) is 1. The molecule has 1 nitrogen and oxygen atoms in total. The summed E-state index contributed by atoms with van der Waals surface area (Å²) in [4.78, 5) is 2.48. The molecule has 0 unspecified atom stereocenters. The molecule has 1 aliphatic carbocycles. The van der Waals surface area contributed by atoms with E-state index in [1.807, 2.05) is 0 Å². The second-order valence-corrected chi connectivity index (χ2v) is 6.44. The summed E-state index contributed by atoms with van der Waals surface area (Å²) in [7, 11) is 2.43. The first-order valence-electron chi connectivity index (χ1n) is 7.90. The molecule has 0 spiro atoms. The Balaban J connectivity index is 0.00000176. The van der Waals surface area contributed by atoms with Gasteiger partial charge in [-0.05, 0) is 0 Å². The minimum absolute atomic E-state index is 0. The molecule has 0 atom stereocenters. The summed E-state index contributed by atoms with van der Waals surface area (Å²) in [5.74, 6) is 0.377. The van der Waals surface area contributed by atoms with Crippen LogP contribution in [-0.4, -0.2) is 24.3 Å². The average Bonchev–Trinajstić information content (AvgIpc) is 2.78. The number of halogens is 1. The van der Waals surface area contributed by atoms with Gasteiger partial charge >= 0.3 is 129 Å². The predicted molar refractivity (Wildman–Crippen MR) is 91.6 cm³/mol. The van der Waals surface area contributed by atoms with Gasteiger partial charge in [-0.1, -0.05) is 0 Å². The fraction of sp³-hybridized carbons (Fsp3) is 0.368. The van der Waals surface area contributed by atoms with Crippen LogP contribution in [0, 0.1) is 0 Å². The zero-order valence-electron chi connectivity index (χ0n) is 13.8. The topological polar surface area (TPSA) is 3.24 Å². The number of hydrogen-bond acceptors (Lipinski definition) is 1. The molecule has 0 bridgehead atoms. The Hall–Kier alpha value is -1.25. The van der Waals surface area contributed by atoms with E-state index in [0.29, 0.717) is 17.9 Å². The molecule has 0 aliphatic heterocycles. The van der Waals surface area contributed by atoms with Crippen LogP contribution in [0.25, 0.3) is 11.1 Å². The van der Waals surface area contributed by atoms with Crippen molar-refractivity contribution in [2.75, 3.05) is 0 Å². The van der Waals surface area contributed by atoms with Crippen molar-refractivity contribution >= 4 is 7.41 Å². The monoisotopic (exact) mass is 311 g/mol. The van der Waals surface area contributed by atoms with Gasteiger partial charge in [-0.3, -0.25) is 0 Å². The first kappa shape index (κ1) is 17.1. The summed E-state index contributed by atoms with van der Waals surface area (Å²) >= 11 is 0. The molecule has 0 amide bonds. The third-order valence-electron chi connectivity index (χ3n) is 4.40. The number of fused-ring (bicyclic) bond motifs is 3. The van der Waals surface area contributed by atoms with E-state index in [4.69, 9.17) is 0 Å². The van der Waals surface area contributed by atoms with E-state index in [-0.39, 0.29) is 12.4 Å². The van der Waals surface area contributed by atoms with E-state index in [9.17, 15) is 0 Å². The van der Waals surface area contributed by atoms with Crippen LogP contribution in [0.1, 0.15) is 44.6 Å². The van der Waals surface area contributed by atoms with E-state index in [0.717, 1.165) is 0 Å². The van der Waals surface area contributed by atoms with Gasteiger partial charge < -0.3 is 12.4 Å². The zero-order valence-corrected chi connectivity index (χ0v) is 14.5. The number of hydrogen-bond donors (Lipinski definition) is 0. The maximum absolute atomic E-state index is 2.48. The molecule has 3 rings (SSSR count). The molecule has 0 N–H and O–H groups in total. The van der Waals surface area contributed by atoms with E-state index >= 15 is 0 Å². The molecular weight excluding hydrogens is 288 g/mol. The van der Waals surface area contributed by atoms with E-state index in [1.165, 1.54) is 22.3 Å². The van der Waals surface area contributed by atoms with E-state index in [2.05, 4.69) is 88.5 Å². The van der Waals surface area contributed by atoms with Crippen LogP contribution in [0.5, 0.6) is 0 Å². The molecule has 2 aromatic carbocycles. The van der Waals surface area contributed by atoms with Crippen molar-refractivity contribution in [3.05, 3.63) is 59.7 Å². The predicted octanol–water partition coefficient (Wildman–Crippen LogP) is 1.50. The van der Waals surface area contributed by atoms with Gasteiger partial charge in [0, 0.05) is 0 Å². The smallest absolute Gasteiger partial charge is 1.00 e. The third-order valence-corrected chi connectivity index (χ3v) is 4.40. The largest absolute Gasteiger partial charge is 1.00 e. The van der Waals surface area contributed by atoms with Crippen LogP contribution in [0.15, 0.2) is 48.5 Å². The Morgan fingerprint density at radius 3 is 1.59 bits per heavy atom. The van der Waals surface area contributed by atoms with Gasteiger partial charge in [0.25, 0.3) is 0 Å². The SMILES string of the molecule is CC(C)N([B+]C1c2ccccc2-c2ccccc21)C(C)C.[Cl-]. The number of benzene rings is 2. The Labute approximate surface area is 141 Å². The quantitative estimate of drug-likeness (QED) is 0.774. The maximum Gasteiger partial charge on any atom is -1.00 e. The zero-order chi connectivity index (χ0) is 15.0. The normalized spacial score (nSPS) is 13.0. The van der Waals surface area contributed by atoms with Crippen molar-refractivity contribution in [1.29, 1.82) is 0 Å². The first-order chi connectivity index (χ1) is 10.1. The molecule has 114 valence electrons. The Kier molecular flexibility index (Phi) is 5.36. The fourth-order valence-electron chi connectivity index (χ4n) is 3.47. The third kappa shape index (κ3) is 2.95. The summed E-state index contributed by atoms with van der Waals surface area (Å²) in [6.45, 7) is 9.07. The van der Waals surface area contributed by atoms with Crippen LogP contribution in [0.3, 0.4) is 0 Å². The standard InChI is InChI=1S/C19H23BN.ClH/c1-13(2)21(14(3)4)20-19-17-11-7-5-9-15(17)16-10-6-8-12-18(16)19;/h5-14,19H,1-4H3;1H/q+1;/p-1. The van der Waals surface area contributed by atoms with E-state index < -0.39 is 0 Å². The van der Waals surface area contributed by atoms with Crippen molar-refractivity contribution in [2.24, 2.45) is 0 Å². The molecule has 2 aromatic rings. The van der Waals surface area contributed by atoms with Crippen LogP contribution >= 0.6 is 0 Å². The summed E-state index contributed by atoms with van der Waals surface area (Å²) in [5.41, 5.74) is 5.65. The molecule has 0 aromatic heterocycles. The van der Waals surface area contributed by atoms with Gasteiger partial charge in [0.15, 0.2) is 0 Å². The van der Waals surface area contributed by atoms with Crippen molar-refractivity contribution < 1.29 is 12.4 Å². The van der Waals surface area contributed by atoms with Crippen LogP contribution in [0.2, 0.25) is 0 Å². The van der Waals surface area contributed by atoms with Gasteiger partial charge in [-0.2, -0.15) is 0 Å². The second kappa shape index (κ2) is 6.89.